The average Bonchev–Trinajstić information content (AvgIpc) is 2.52. The van der Waals surface area contributed by atoms with Gasteiger partial charge in [0.2, 0.25) is 0 Å². The Morgan fingerprint density at radius 1 is 1.14 bits per heavy atom. The van der Waals surface area contributed by atoms with E-state index in [0.717, 1.165) is 5.57 Å². The molecule has 0 bridgehead atoms. The summed E-state index contributed by atoms with van der Waals surface area (Å²) in [6.07, 6.45) is 5.70. The summed E-state index contributed by atoms with van der Waals surface area (Å²) in [6.45, 7) is 4.09. The molecule has 0 aliphatic carbocycles. The van der Waals surface area contributed by atoms with Crippen LogP contribution in [0.4, 0.5) is 0 Å². The summed E-state index contributed by atoms with van der Waals surface area (Å²) in [5.74, 6) is -0.568. The van der Waals surface area contributed by atoms with E-state index in [0.29, 0.717) is 12.0 Å². The number of allylic oxidation sites excluding steroid dienone is 2. The van der Waals surface area contributed by atoms with Crippen LogP contribution >= 0.6 is 0 Å². The van der Waals surface area contributed by atoms with Crippen molar-refractivity contribution in [1.29, 1.82) is 0 Å². The molecule has 1 aromatic carbocycles. The second kappa shape index (κ2) is 9.53. The lowest BCUT2D eigenvalue weighted by Crippen LogP contribution is -2.06. The third-order valence-electron chi connectivity index (χ3n) is 2.59. The molecule has 0 saturated carbocycles. The van der Waals surface area contributed by atoms with E-state index in [4.69, 9.17) is 9.47 Å². The fourth-order valence-electron chi connectivity index (χ4n) is 1.42. The topological polar surface area (TPSA) is 52.6 Å². The SMILES string of the molecule is CCC(=O)OC/C=C/C=C(\C)COC(=O)c1ccccc1. The third-order valence-corrected chi connectivity index (χ3v) is 2.59. The number of esters is 2. The Morgan fingerprint density at radius 2 is 1.86 bits per heavy atom. The Kier molecular flexibility index (Phi) is 7.58. The fraction of sp³-hybridized carbons (Fsp3) is 0.294. The van der Waals surface area contributed by atoms with E-state index in [-0.39, 0.29) is 25.2 Å². The van der Waals surface area contributed by atoms with Crippen LogP contribution < -0.4 is 0 Å². The average molecular weight is 288 g/mol. The van der Waals surface area contributed by atoms with Crippen LogP contribution in [0.2, 0.25) is 0 Å². The van der Waals surface area contributed by atoms with Crippen molar-refractivity contribution in [2.45, 2.75) is 20.3 Å². The zero-order chi connectivity index (χ0) is 15.5. The van der Waals surface area contributed by atoms with Gasteiger partial charge in [0.05, 0.1) is 5.56 Å². The van der Waals surface area contributed by atoms with Crippen molar-refractivity contribution in [3.8, 4) is 0 Å². The van der Waals surface area contributed by atoms with Gasteiger partial charge in [-0.15, -0.1) is 0 Å². The van der Waals surface area contributed by atoms with E-state index in [9.17, 15) is 9.59 Å². The molecule has 0 amide bonds. The van der Waals surface area contributed by atoms with Crippen LogP contribution in [0, 0.1) is 0 Å². The van der Waals surface area contributed by atoms with Crippen molar-refractivity contribution in [2.75, 3.05) is 13.2 Å². The van der Waals surface area contributed by atoms with E-state index in [1.807, 2.05) is 19.1 Å². The van der Waals surface area contributed by atoms with Gasteiger partial charge in [-0.2, -0.15) is 0 Å². The van der Waals surface area contributed by atoms with Gasteiger partial charge in [-0.3, -0.25) is 4.79 Å². The molecular weight excluding hydrogens is 268 g/mol. The van der Waals surface area contributed by atoms with E-state index >= 15 is 0 Å². The van der Waals surface area contributed by atoms with Gasteiger partial charge in [-0.1, -0.05) is 37.3 Å². The summed E-state index contributed by atoms with van der Waals surface area (Å²) in [5.41, 5.74) is 1.43. The maximum absolute atomic E-state index is 11.7. The highest BCUT2D eigenvalue weighted by Crippen LogP contribution is 2.03. The van der Waals surface area contributed by atoms with E-state index in [1.54, 1.807) is 43.3 Å². The minimum Gasteiger partial charge on any atom is -0.461 e. The predicted octanol–water partition coefficient (Wildman–Crippen LogP) is 3.30. The lowest BCUT2D eigenvalue weighted by molar-refractivity contribution is -0.141. The maximum atomic E-state index is 11.7. The monoisotopic (exact) mass is 288 g/mol. The second-order valence-corrected chi connectivity index (χ2v) is 4.42. The molecule has 0 unspecified atom stereocenters. The van der Waals surface area contributed by atoms with E-state index in [1.165, 1.54) is 0 Å². The van der Waals surface area contributed by atoms with Gasteiger partial charge in [0.1, 0.15) is 13.2 Å². The van der Waals surface area contributed by atoms with Crippen LogP contribution in [0.1, 0.15) is 30.6 Å². The Morgan fingerprint density at radius 3 is 2.52 bits per heavy atom. The molecule has 0 aromatic heterocycles. The predicted molar refractivity (Wildman–Crippen MR) is 80.9 cm³/mol. The number of carbonyl (C=O) groups excluding carboxylic acids is 2. The van der Waals surface area contributed by atoms with Crippen LogP contribution in [0.25, 0.3) is 0 Å². The Bertz CT molecular complexity index is 515. The number of hydrogen-bond acceptors (Lipinski definition) is 4. The molecule has 0 N–H and O–H groups in total. The zero-order valence-electron chi connectivity index (χ0n) is 12.4. The lowest BCUT2D eigenvalue weighted by atomic mass is 10.2. The minimum absolute atomic E-state index is 0.225. The molecule has 0 saturated heterocycles. The van der Waals surface area contributed by atoms with Gasteiger partial charge in [-0.25, -0.2) is 4.79 Å². The first kappa shape index (κ1) is 16.7. The van der Waals surface area contributed by atoms with Gasteiger partial charge >= 0.3 is 11.9 Å². The smallest absolute Gasteiger partial charge is 0.338 e. The highest BCUT2D eigenvalue weighted by atomic mass is 16.5. The van der Waals surface area contributed by atoms with Crippen LogP contribution in [-0.4, -0.2) is 25.2 Å². The Labute approximate surface area is 125 Å². The number of carbonyl (C=O) groups is 2. The summed E-state index contributed by atoms with van der Waals surface area (Å²) in [6, 6.07) is 8.85. The normalized spacial score (nSPS) is 11.4. The van der Waals surface area contributed by atoms with Gasteiger partial charge < -0.3 is 9.47 Å². The van der Waals surface area contributed by atoms with Crippen molar-refractivity contribution in [2.24, 2.45) is 0 Å². The van der Waals surface area contributed by atoms with Gasteiger partial charge in [0.25, 0.3) is 0 Å². The van der Waals surface area contributed by atoms with Gasteiger partial charge in [-0.05, 0) is 30.7 Å². The van der Waals surface area contributed by atoms with Crippen molar-refractivity contribution in [3.63, 3.8) is 0 Å². The minimum atomic E-state index is -0.343. The van der Waals surface area contributed by atoms with Crippen molar-refractivity contribution < 1.29 is 19.1 Å². The first-order valence-corrected chi connectivity index (χ1v) is 6.83. The molecule has 0 atom stereocenters. The van der Waals surface area contributed by atoms with Gasteiger partial charge in [0.15, 0.2) is 0 Å². The number of rotatable bonds is 7. The van der Waals surface area contributed by atoms with E-state index in [2.05, 4.69) is 0 Å². The quantitative estimate of drug-likeness (QED) is 0.570. The first-order chi connectivity index (χ1) is 10.1. The van der Waals surface area contributed by atoms with Crippen LogP contribution in [-0.2, 0) is 14.3 Å². The highest BCUT2D eigenvalue weighted by Gasteiger charge is 2.05. The van der Waals surface area contributed by atoms with Crippen LogP contribution in [0.5, 0.6) is 0 Å². The molecule has 0 fully saturated rings. The van der Waals surface area contributed by atoms with Crippen molar-refractivity contribution >= 4 is 11.9 Å². The molecule has 0 radical (unpaired) electrons. The molecule has 1 rings (SSSR count). The molecule has 4 heteroatoms. The molecule has 1 aromatic rings. The number of benzene rings is 1. The summed E-state index contributed by atoms with van der Waals surface area (Å²) >= 11 is 0. The summed E-state index contributed by atoms with van der Waals surface area (Å²) < 4.78 is 10.1. The molecule has 112 valence electrons. The molecule has 0 aliphatic heterocycles. The molecule has 0 aliphatic rings. The number of hydrogen-bond donors (Lipinski definition) is 0. The molecular formula is C17H20O4. The maximum Gasteiger partial charge on any atom is 0.338 e. The molecule has 4 nitrogen and oxygen atoms in total. The number of ether oxygens (including phenoxy) is 2. The Balaban J connectivity index is 2.31. The summed E-state index contributed by atoms with van der Waals surface area (Å²) in [7, 11) is 0. The van der Waals surface area contributed by atoms with Crippen LogP contribution in [0.3, 0.4) is 0 Å². The molecule has 0 heterocycles. The lowest BCUT2D eigenvalue weighted by Gasteiger charge is -2.04. The first-order valence-electron chi connectivity index (χ1n) is 6.83. The van der Waals surface area contributed by atoms with E-state index < -0.39 is 0 Å². The summed E-state index contributed by atoms with van der Waals surface area (Å²) in [4.78, 5) is 22.6. The van der Waals surface area contributed by atoms with Crippen molar-refractivity contribution in [3.05, 3.63) is 59.7 Å². The van der Waals surface area contributed by atoms with Crippen LogP contribution in [0.15, 0.2) is 54.1 Å². The Hall–Kier alpha value is -2.36. The fourth-order valence-corrected chi connectivity index (χ4v) is 1.42. The second-order valence-electron chi connectivity index (χ2n) is 4.42. The zero-order valence-corrected chi connectivity index (χ0v) is 12.4. The largest absolute Gasteiger partial charge is 0.461 e. The van der Waals surface area contributed by atoms with Crippen molar-refractivity contribution in [1.82, 2.24) is 0 Å². The van der Waals surface area contributed by atoms with Gasteiger partial charge in [0, 0.05) is 6.42 Å². The highest BCUT2D eigenvalue weighted by molar-refractivity contribution is 5.89. The molecule has 0 spiro atoms. The standard InChI is InChI=1S/C17H20O4/c1-3-16(18)20-12-8-7-9-14(2)13-21-17(19)15-10-5-4-6-11-15/h4-11H,3,12-13H2,1-2H3/b8-7+,14-9+. The summed E-state index contributed by atoms with van der Waals surface area (Å²) in [5, 5.41) is 0. The molecule has 21 heavy (non-hydrogen) atoms. The third kappa shape index (κ3) is 7.11.